The largest absolute Gasteiger partial charge is 0.497 e. The number of carboxylic acid groups (broad SMARTS) is 1. The van der Waals surface area contributed by atoms with Crippen molar-refractivity contribution in [2.45, 2.75) is 30.3 Å². The molecule has 1 fully saturated rings. The van der Waals surface area contributed by atoms with Gasteiger partial charge in [-0.1, -0.05) is 30.3 Å². The molecule has 1 saturated heterocycles. The van der Waals surface area contributed by atoms with E-state index in [1.807, 2.05) is 12.1 Å². The van der Waals surface area contributed by atoms with Crippen LogP contribution in [0.2, 0.25) is 0 Å². The highest BCUT2D eigenvalue weighted by Crippen LogP contribution is 2.34. The minimum Gasteiger partial charge on any atom is -0.497 e. The summed E-state index contributed by atoms with van der Waals surface area (Å²) < 4.78 is 34.9. The van der Waals surface area contributed by atoms with E-state index in [4.69, 9.17) is 15.6 Å². The number of carbonyl (C=O) groups is 1. The van der Waals surface area contributed by atoms with E-state index in [2.05, 4.69) is 14.7 Å². The van der Waals surface area contributed by atoms with Gasteiger partial charge in [-0.25, -0.2) is 32.6 Å². The zero-order valence-electron chi connectivity index (χ0n) is 20.6. The highest BCUT2D eigenvalue weighted by molar-refractivity contribution is 7.89. The molecule has 0 saturated carbocycles. The van der Waals surface area contributed by atoms with Gasteiger partial charge in [0.2, 0.25) is 10.0 Å². The number of anilines is 1. The average molecular weight is 538 g/mol. The number of nitrogen functional groups attached to an aromatic ring is 1. The van der Waals surface area contributed by atoms with Gasteiger partial charge in [0.05, 0.1) is 23.4 Å². The molecule has 198 valence electrons. The number of amides is 1. The first-order valence-electron chi connectivity index (χ1n) is 12.0. The summed E-state index contributed by atoms with van der Waals surface area (Å²) in [6.45, 7) is 0.882. The summed E-state index contributed by atoms with van der Waals surface area (Å²) >= 11 is 0. The molecule has 1 atom stereocenters. The molecule has 4 N–H and O–H groups in total. The molecule has 38 heavy (non-hydrogen) atoms. The summed E-state index contributed by atoms with van der Waals surface area (Å²) in [6, 6.07) is 13.4. The molecular weight excluding hydrogens is 510 g/mol. The molecule has 1 aliphatic heterocycles. The molecule has 0 radical (unpaired) electrons. The predicted molar refractivity (Wildman–Crippen MR) is 140 cm³/mol. The Kier molecular flexibility index (Phi) is 6.87. The van der Waals surface area contributed by atoms with Crippen molar-refractivity contribution in [3.8, 4) is 17.0 Å². The molecule has 4 aromatic rings. The van der Waals surface area contributed by atoms with E-state index >= 15 is 0 Å². The molecule has 0 bridgehead atoms. The Bertz CT molecular complexity index is 1590. The van der Waals surface area contributed by atoms with Gasteiger partial charge in [0, 0.05) is 31.3 Å². The monoisotopic (exact) mass is 537 g/mol. The molecule has 2 aromatic heterocycles. The number of methoxy groups -OCH3 is 1. The second-order valence-electron chi connectivity index (χ2n) is 8.98. The number of nitrogens with one attached hydrogen (secondary N) is 1. The van der Waals surface area contributed by atoms with Gasteiger partial charge in [-0.05, 0) is 30.5 Å². The Labute approximate surface area is 219 Å². The van der Waals surface area contributed by atoms with Gasteiger partial charge in [0.15, 0.2) is 5.65 Å². The molecule has 3 heterocycles. The van der Waals surface area contributed by atoms with Crippen molar-refractivity contribution in [1.82, 2.24) is 29.4 Å². The van der Waals surface area contributed by atoms with Gasteiger partial charge in [0.25, 0.3) is 0 Å². The van der Waals surface area contributed by atoms with Gasteiger partial charge in [-0.15, -0.1) is 0 Å². The maximum atomic E-state index is 12.7. The lowest BCUT2D eigenvalue weighted by molar-refractivity contribution is 0.120. The fourth-order valence-corrected chi connectivity index (χ4v) is 5.64. The fourth-order valence-electron chi connectivity index (χ4n) is 4.59. The van der Waals surface area contributed by atoms with E-state index in [-0.39, 0.29) is 23.3 Å². The minimum absolute atomic E-state index is 0.0906. The predicted octanol–water partition coefficient (Wildman–Crippen LogP) is 2.88. The number of piperidine rings is 1. The van der Waals surface area contributed by atoms with Crippen molar-refractivity contribution < 1.29 is 23.1 Å². The first kappa shape index (κ1) is 25.4. The van der Waals surface area contributed by atoms with Crippen LogP contribution in [-0.4, -0.2) is 64.5 Å². The van der Waals surface area contributed by atoms with Crippen LogP contribution in [0, 0.1) is 0 Å². The molecular formula is C25H27N7O5S. The van der Waals surface area contributed by atoms with Crippen molar-refractivity contribution >= 4 is 33.0 Å². The third kappa shape index (κ3) is 4.97. The van der Waals surface area contributed by atoms with E-state index in [1.54, 1.807) is 28.9 Å². The normalized spacial score (nSPS) is 16.0. The summed E-state index contributed by atoms with van der Waals surface area (Å²) in [5.74, 6) is 0.730. The highest BCUT2D eigenvalue weighted by Gasteiger charge is 2.28. The SMILES string of the molecule is COc1cccc(S(=O)(=O)NCc2ccc(-c3nn([C@@H]4CCCN(C(=O)O)C4)c4ncnc(N)c34)cc2)c1. The number of benzene rings is 2. The molecule has 13 heteroatoms. The molecule has 0 spiro atoms. The van der Waals surface area contributed by atoms with Crippen LogP contribution in [0.4, 0.5) is 10.6 Å². The summed E-state index contributed by atoms with van der Waals surface area (Å²) in [5, 5.41) is 14.8. The lowest BCUT2D eigenvalue weighted by Crippen LogP contribution is -2.40. The first-order chi connectivity index (χ1) is 18.3. The molecule has 0 aliphatic carbocycles. The van der Waals surface area contributed by atoms with Crippen molar-refractivity contribution in [1.29, 1.82) is 0 Å². The smallest absolute Gasteiger partial charge is 0.407 e. The van der Waals surface area contributed by atoms with Crippen LogP contribution in [0.3, 0.4) is 0 Å². The molecule has 5 rings (SSSR count). The third-order valence-corrected chi connectivity index (χ3v) is 7.98. The van der Waals surface area contributed by atoms with Crippen LogP contribution >= 0.6 is 0 Å². The molecule has 1 amide bonds. The lowest BCUT2D eigenvalue weighted by atomic mass is 10.1. The number of aromatic nitrogens is 4. The number of sulfonamides is 1. The lowest BCUT2D eigenvalue weighted by Gasteiger charge is -2.30. The van der Waals surface area contributed by atoms with Crippen LogP contribution < -0.4 is 15.2 Å². The Morgan fingerprint density at radius 1 is 1.21 bits per heavy atom. The number of likely N-dealkylation sites (tertiary alicyclic amines) is 1. The van der Waals surface area contributed by atoms with Gasteiger partial charge in [-0.2, -0.15) is 5.10 Å². The zero-order chi connectivity index (χ0) is 26.9. The summed E-state index contributed by atoms with van der Waals surface area (Å²) in [5.41, 5.74) is 8.84. The summed E-state index contributed by atoms with van der Waals surface area (Å²) in [7, 11) is -2.25. The maximum Gasteiger partial charge on any atom is 0.407 e. The average Bonchev–Trinajstić information content (AvgIpc) is 3.33. The minimum atomic E-state index is -3.73. The van der Waals surface area contributed by atoms with Crippen LogP contribution in [0.25, 0.3) is 22.3 Å². The van der Waals surface area contributed by atoms with Gasteiger partial charge >= 0.3 is 6.09 Å². The van der Waals surface area contributed by atoms with Crippen LogP contribution in [0.15, 0.2) is 59.8 Å². The standard InChI is InChI=1S/C25H27N7O5S/c1-37-19-5-2-6-20(12-19)38(35,36)29-13-16-7-9-17(10-8-16)22-21-23(26)27-15-28-24(21)32(30-22)18-4-3-11-31(14-18)25(33)34/h2,5-10,12,15,18,29H,3-4,11,13-14H2,1H3,(H,33,34)(H2,26,27,28)/t18-/m1/s1. The topological polar surface area (TPSA) is 166 Å². The number of nitrogens with two attached hydrogens (primary N) is 1. The molecule has 0 unspecified atom stereocenters. The second-order valence-corrected chi connectivity index (χ2v) is 10.7. The molecule has 12 nitrogen and oxygen atoms in total. The number of rotatable bonds is 7. The van der Waals surface area contributed by atoms with E-state index in [9.17, 15) is 18.3 Å². The fraction of sp³-hybridized carbons (Fsp3) is 0.280. The number of hydrogen-bond acceptors (Lipinski definition) is 8. The summed E-state index contributed by atoms with van der Waals surface area (Å²) in [4.78, 5) is 21.6. The van der Waals surface area contributed by atoms with Crippen molar-refractivity contribution in [2.24, 2.45) is 0 Å². The van der Waals surface area contributed by atoms with E-state index in [0.717, 1.165) is 17.5 Å². The van der Waals surface area contributed by atoms with Gasteiger partial charge in [0.1, 0.15) is 23.6 Å². The molecule has 1 aliphatic rings. The van der Waals surface area contributed by atoms with Crippen LogP contribution in [-0.2, 0) is 16.6 Å². The highest BCUT2D eigenvalue weighted by atomic mass is 32.2. The summed E-state index contributed by atoms with van der Waals surface area (Å²) in [6.07, 6.45) is 1.89. The van der Waals surface area contributed by atoms with E-state index < -0.39 is 16.1 Å². The quantitative estimate of drug-likeness (QED) is 0.321. The second kappa shape index (κ2) is 10.3. The Morgan fingerprint density at radius 2 is 2.00 bits per heavy atom. The van der Waals surface area contributed by atoms with Crippen molar-refractivity contribution in [2.75, 3.05) is 25.9 Å². The number of fused-ring (bicyclic) bond motifs is 1. The van der Waals surface area contributed by atoms with Crippen molar-refractivity contribution in [3.05, 3.63) is 60.4 Å². The van der Waals surface area contributed by atoms with Crippen LogP contribution in [0.5, 0.6) is 5.75 Å². The number of ether oxygens (including phenoxy) is 1. The third-order valence-electron chi connectivity index (χ3n) is 6.58. The maximum absolute atomic E-state index is 12.7. The number of nitrogens with zero attached hydrogens (tertiary/aromatic N) is 5. The van der Waals surface area contributed by atoms with Crippen LogP contribution in [0.1, 0.15) is 24.4 Å². The Balaban J connectivity index is 1.40. The van der Waals surface area contributed by atoms with E-state index in [0.29, 0.717) is 42.0 Å². The van der Waals surface area contributed by atoms with Gasteiger partial charge < -0.3 is 20.5 Å². The Morgan fingerprint density at radius 3 is 2.74 bits per heavy atom. The first-order valence-corrected chi connectivity index (χ1v) is 13.4. The van der Waals surface area contributed by atoms with E-state index in [1.165, 1.54) is 30.5 Å². The number of hydrogen-bond donors (Lipinski definition) is 3. The van der Waals surface area contributed by atoms with Crippen molar-refractivity contribution in [3.63, 3.8) is 0 Å². The molecule has 2 aromatic carbocycles. The Hall–Kier alpha value is -4.23. The van der Waals surface area contributed by atoms with Gasteiger partial charge in [-0.3, -0.25) is 0 Å². The zero-order valence-corrected chi connectivity index (χ0v) is 21.4.